The van der Waals surface area contributed by atoms with Crippen molar-refractivity contribution in [3.8, 4) is 0 Å². The van der Waals surface area contributed by atoms with Crippen LogP contribution in [-0.4, -0.2) is 17.0 Å². The minimum Gasteiger partial charge on any atom is -0.481 e. The second-order valence-electron chi connectivity index (χ2n) is 2.89. The third-order valence-electron chi connectivity index (χ3n) is 1.66. The lowest BCUT2D eigenvalue weighted by molar-refractivity contribution is -0.134. The van der Waals surface area contributed by atoms with Gasteiger partial charge in [-0.15, -0.1) is 0 Å². The third-order valence-corrected chi connectivity index (χ3v) is 1.66. The van der Waals surface area contributed by atoms with Gasteiger partial charge in [-0.2, -0.15) is 0 Å². The van der Waals surface area contributed by atoms with E-state index in [1.165, 1.54) is 0 Å². The van der Waals surface area contributed by atoms with Gasteiger partial charge in [-0.05, 0) is 18.1 Å². The second kappa shape index (κ2) is 6.59. The van der Waals surface area contributed by atoms with Crippen molar-refractivity contribution in [3.63, 3.8) is 0 Å². The van der Waals surface area contributed by atoms with Gasteiger partial charge in [0.2, 0.25) is 5.91 Å². The number of carboxylic acid groups (broad SMARTS) is 1. The smallest absolute Gasteiger partial charge is 0.300 e. The number of carbonyl (C=O) groups is 2. The van der Waals surface area contributed by atoms with E-state index in [1.54, 1.807) is 6.07 Å². The van der Waals surface area contributed by atoms with E-state index >= 15 is 0 Å². The summed E-state index contributed by atoms with van der Waals surface area (Å²) in [5, 5.41) is 7.42. The third kappa shape index (κ3) is 5.46. The zero-order valence-corrected chi connectivity index (χ0v) is 8.86. The lowest BCUT2D eigenvalue weighted by Crippen LogP contribution is -2.13. The highest BCUT2D eigenvalue weighted by molar-refractivity contribution is 5.94. The van der Waals surface area contributed by atoms with Crippen molar-refractivity contribution in [1.82, 2.24) is 0 Å². The molecule has 1 amide bonds. The zero-order valence-electron chi connectivity index (χ0n) is 8.86. The van der Waals surface area contributed by atoms with Crippen molar-refractivity contribution in [2.24, 2.45) is 5.73 Å². The molecule has 15 heavy (non-hydrogen) atoms. The number of benzene rings is 1. The molecule has 0 atom stereocenters. The summed E-state index contributed by atoms with van der Waals surface area (Å²) in [4.78, 5) is 19.8. The van der Waals surface area contributed by atoms with Crippen LogP contribution in [0.25, 0.3) is 0 Å². The number of carbonyl (C=O) groups excluding carboxylic acids is 1. The Bertz CT molecular complexity index is 343. The molecule has 0 saturated heterocycles. The molecule has 1 aromatic rings. The van der Waals surface area contributed by atoms with Gasteiger partial charge in [0.1, 0.15) is 0 Å². The van der Waals surface area contributed by atoms with E-state index in [1.807, 2.05) is 25.1 Å². The SMILES string of the molecule is CC(=O)O.CCc1ccccc1C(N)=O. The predicted molar refractivity (Wildman–Crippen MR) is 57.6 cm³/mol. The van der Waals surface area contributed by atoms with Crippen molar-refractivity contribution < 1.29 is 14.7 Å². The van der Waals surface area contributed by atoms with Gasteiger partial charge in [-0.3, -0.25) is 9.59 Å². The normalized spacial score (nSPS) is 8.67. The Kier molecular flexibility index (Phi) is 5.78. The Morgan fingerprint density at radius 3 is 2.13 bits per heavy atom. The van der Waals surface area contributed by atoms with Crippen LogP contribution in [0.4, 0.5) is 0 Å². The van der Waals surface area contributed by atoms with Crippen molar-refractivity contribution in [2.75, 3.05) is 0 Å². The number of hydrogen-bond acceptors (Lipinski definition) is 2. The molecule has 0 unspecified atom stereocenters. The Balaban J connectivity index is 0.000000423. The molecule has 0 aliphatic rings. The highest BCUT2D eigenvalue weighted by atomic mass is 16.4. The fraction of sp³-hybridized carbons (Fsp3) is 0.273. The summed E-state index contributed by atoms with van der Waals surface area (Å²) in [5.41, 5.74) is 6.80. The van der Waals surface area contributed by atoms with Gasteiger partial charge in [0.05, 0.1) is 0 Å². The highest BCUT2D eigenvalue weighted by Crippen LogP contribution is 2.07. The maximum absolute atomic E-state index is 10.8. The standard InChI is InChI=1S/C9H11NO.C2H4O2/c1-2-7-5-3-4-6-8(7)9(10)11;1-2(3)4/h3-6H,2H2,1H3,(H2,10,11);1H3,(H,3,4). The topological polar surface area (TPSA) is 80.4 Å². The maximum atomic E-state index is 10.8. The lowest BCUT2D eigenvalue weighted by Gasteiger charge is -2.01. The van der Waals surface area contributed by atoms with Crippen LogP contribution >= 0.6 is 0 Å². The lowest BCUT2D eigenvalue weighted by atomic mass is 10.1. The summed E-state index contributed by atoms with van der Waals surface area (Å²) in [6.45, 7) is 3.09. The Labute approximate surface area is 88.7 Å². The fourth-order valence-electron chi connectivity index (χ4n) is 1.07. The number of carboxylic acids is 1. The summed E-state index contributed by atoms with van der Waals surface area (Å²) in [7, 11) is 0. The maximum Gasteiger partial charge on any atom is 0.300 e. The Morgan fingerprint density at radius 2 is 1.80 bits per heavy atom. The first kappa shape index (κ1) is 13.2. The first-order chi connectivity index (χ1) is 6.99. The molecule has 0 saturated carbocycles. The summed E-state index contributed by atoms with van der Waals surface area (Å²) in [6, 6.07) is 7.39. The minimum absolute atomic E-state index is 0.345. The zero-order chi connectivity index (χ0) is 11.8. The number of nitrogens with two attached hydrogens (primary N) is 1. The van der Waals surface area contributed by atoms with E-state index in [9.17, 15) is 4.79 Å². The van der Waals surface area contributed by atoms with Crippen LogP contribution in [0.5, 0.6) is 0 Å². The molecular formula is C11H15NO3. The summed E-state index contributed by atoms with van der Waals surface area (Å²) in [5.74, 6) is -1.18. The van der Waals surface area contributed by atoms with Crippen molar-refractivity contribution in [2.45, 2.75) is 20.3 Å². The van der Waals surface area contributed by atoms with Crippen LogP contribution in [0.3, 0.4) is 0 Å². The van der Waals surface area contributed by atoms with Gasteiger partial charge in [-0.25, -0.2) is 0 Å². The predicted octanol–water partition coefficient (Wildman–Crippen LogP) is 1.44. The van der Waals surface area contributed by atoms with Gasteiger partial charge < -0.3 is 10.8 Å². The quantitative estimate of drug-likeness (QED) is 0.773. The number of aliphatic carboxylic acids is 1. The van der Waals surface area contributed by atoms with Gasteiger partial charge in [-0.1, -0.05) is 25.1 Å². The van der Waals surface area contributed by atoms with Gasteiger partial charge in [0.15, 0.2) is 0 Å². The molecule has 1 rings (SSSR count). The van der Waals surface area contributed by atoms with Crippen LogP contribution in [0, 0.1) is 0 Å². The average molecular weight is 209 g/mol. The summed E-state index contributed by atoms with van der Waals surface area (Å²) < 4.78 is 0. The Hall–Kier alpha value is -1.84. The number of primary amides is 1. The number of rotatable bonds is 2. The van der Waals surface area contributed by atoms with Crippen LogP contribution in [-0.2, 0) is 11.2 Å². The summed E-state index contributed by atoms with van der Waals surface area (Å²) in [6.07, 6.45) is 0.846. The highest BCUT2D eigenvalue weighted by Gasteiger charge is 2.03. The van der Waals surface area contributed by atoms with E-state index in [-0.39, 0.29) is 5.91 Å². The summed E-state index contributed by atoms with van der Waals surface area (Å²) >= 11 is 0. The van der Waals surface area contributed by atoms with E-state index < -0.39 is 5.97 Å². The Morgan fingerprint density at radius 1 is 1.33 bits per heavy atom. The average Bonchev–Trinajstić information content (AvgIpc) is 2.16. The van der Waals surface area contributed by atoms with Crippen LogP contribution in [0.2, 0.25) is 0 Å². The van der Waals surface area contributed by atoms with Crippen LogP contribution < -0.4 is 5.73 Å². The largest absolute Gasteiger partial charge is 0.481 e. The molecule has 4 nitrogen and oxygen atoms in total. The molecule has 0 aromatic heterocycles. The molecule has 0 aliphatic heterocycles. The van der Waals surface area contributed by atoms with Crippen molar-refractivity contribution >= 4 is 11.9 Å². The first-order valence-electron chi connectivity index (χ1n) is 4.56. The minimum atomic E-state index is -0.833. The van der Waals surface area contributed by atoms with E-state index in [4.69, 9.17) is 15.6 Å². The van der Waals surface area contributed by atoms with Gasteiger partial charge in [0, 0.05) is 12.5 Å². The molecule has 0 bridgehead atoms. The molecule has 0 heterocycles. The number of hydrogen-bond donors (Lipinski definition) is 2. The number of amides is 1. The molecule has 82 valence electrons. The number of aryl methyl sites for hydroxylation is 1. The molecule has 0 spiro atoms. The second-order valence-corrected chi connectivity index (χ2v) is 2.89. The molecular weight excluding hydrogens is 194 g/mol. The molecule has 0 fully saturated rings. The first-order valence-corrected chi connectivity index (χ1v) is 4.56. The van der Waals surface area contributed by atoms with E-state index in [2.05, 4.69) is 0 Å². The molecule has 3 N–H and O–H groups in total. The van der Waals surface area contributed by atoms with E-state index in [0.29, 0.717) is 5.56 Å². The molecule has 0 radical (unpaired) electrons. The molecule has 1 aromatic carbocycles. The molecule has 0 aliphatic carbocycles. The van der Waals surface area contributed by atoms with Crippen LogP contribution in [0.15, 0.2) is 24.3 Å². The van der Waals surface area contributed by atoms with Crippen molar-refractivity contribution in [3.05, 3.63) is 35.4 Å². The van der Waals surface area contributed by atoms with E-state index in [0.717, 1.165) is 18.9 Å². The fourth-order valence-corrected chi connectivity index (χ4v) is 1.07. The molecule has 4 heteroatoms. The van der Waals surface area contributed by atoms with Crippen LogP contribution in [0.1, 0.15) is 29.8 Å². The van der Waals surface area contributed by atoms with Gasteiger partial charge >= 0.3 is 0 Å². The van der Waals surface area contributed by atoms with Gasteiger partial charge in [0.25, 0.3) is 5.97 Å². The van der Waals surface area contributed by atoms with Crippen molar-refractivity contribution in [1.29, 1.82) is 0 Å². The monoisotopic (exact) mass is 209 g/mol.